The zero-order valence-electron chi connectivity index (χ0n) is 9.85. The van der Waals surface area contributed by atoms with E-state index in [2.05, 4.69) is 73.9 Å². The van der Waals surface area contributed by atoms with Gasteiger partial charge in [-0.2, -0.15) is 0 Å². The van der Waals surface area contributed by atoms with Gasteiger partial charge >= 0.3 is 0 Å². The number of hydrogen-bond donors (Lipinski definition) is 1. The molecular formula is C13H14Br2N2. The first-order valence-corrected chi connectivity index (χ1v) is 7.66. The minimum atomic E-state index is 0.804. The number of allylic oxidation sites excluding steroid dienone is 2. The number of alkyl halides is 2. The molecule has 2 nitrogen and oxygen atoms in total. The molecule has 4 heteroatoms. The summed E-state index contributed by atoms with van der Waals surface area (Å²) in [5, 5.41) is 1.66. The maximum absolute atomic E-state index is 4.55. The maximum atomic E-state index is 4.55. The Morgan fingerprint density at radius 3 is 2.59 bits per heavy atom. The molecule has 0 spiro atoms. The van der Waals surface area contributed by atoms with Gasteiger partial charge in [-0.15, -0.1) is 0 Å². The van der Waals surface area contributed by atoms with Crippen LogP contribution in [0.2, 0.25) is 0 Å². The lowest BCUT2D eigenvalue weighted by Gasteiger charge is -1.95. The molecular weight excluding hydrogens is 344 g/mol. The fourth-order valence-electron chi connectivity index (χ4n) is 1.81. The highest BCUT2D eigenvalue weighted by atomic mass is 79.9. The van der Waals surface area contributed by atoms with Crippen LogP contribution < -0.4 is 0 Å². The van der Waals surface area contributed by atoms with E-state index >= 15 is 0 Å². The fraction of sp³-hybridized carbons (Fsp3) is 0.308. The number of rotatable bonds is 3. The Bertz CT molecular complexity index is 522. The molecule has 0 unspecified atom stereocenters. The van der Waals surface area contributed by atoms with Crippen LogP contribution in [-0.2, 0) is 5.33 Å². The minimum absolute atomic E-state index is 0.804. The van der Waals surface area contributed by atoms with Crippen molar-refractivity contribution in [2.24, 2.45) is 4.99 Å². The molecule has 0 saturated heterocycles. The monoisotopic (exact) mass is 356 g/mol. The lowest BCUT2D eigenvalue weighted by Crippen LogP contribution is -1.88. The smallest absolute Gasteiger partial charge is 0.0683 e. The Kier molecular flexibility index (Phi) is 4.05. The summed E-state index contributed by atoms with van der Waals surface area (Å²) in [6, 6.07) is 2.15. The summed E-state index contributed by atoms with van der Waals surface area (Å²) < 4.78 is 0. The number of aryl methyl sites for hydroxylation is 1. The minimum Gasteiger partial charge on any atom is -0.358 e. The standard InChI is InChI=1S/C13H14Br2N2/c1-8-4-11(6-14)17-12(8)5-10-3-9(2)13(7-15)16-10/h3-5,16H,6-7H2,1-2H3/b12-5-. The Hall–Kier alpha value is -0.610. The molecule has 0 radical (unpaired) electrons. The summed E-state index contributed by atoms with van der Waals surface area (Å²) in [4.78, 5) is 7.93. The maximum Gasteiger partial charge on any atom is 0.0683 e. The molecule has 0 saturated carbocycles. The number of hydrogen-bond acceptors (Lipinski definition) is 1. The first kappa shape index (κ1) is 12.8. The SMILES string of the molecule is CC1=CC(CBr)=N/C1=C\c1cc(C)c(CBr)[nH]1. The van der Waals surface area contributed by atoms with Gasteiger partial charge in [0.1, 0.15) is 0 Å². The molecule has 2 rings (SSSR count). The van der Waals surface area contributed by atoms with Crippen LogP contribution >= 0.6 is 31.9 Å². The van der Waals surface area contributed by atoms with Crippen LogP contribution in [0.1, 0.15) is 23.9 Å². The highest BCUT2D eigenvalue weighted by Crippen LogP contribution is 2.23. The topological polar surface area (TPSA) is 28.1 Å². The number of aromatic nitrogens is 1. The van der Waals surface area contributed by atoms with Crippen LogP contribution in [0.5, 0.6) is 0 Å². The average molecular weight is 358 g/mol. The van der Waals surface area contributed by atoms with Gasteiger partial charge in [-0.25, -0.2) is 0 Å². The second-order valence-corrected chi connectivity index (χ2v) is 5.24. The first-order chi connectivity index (χ1) is 8.13. The lowest BCUT2D eigenvalue weighted by atomic mass is 10.2. The number of nitrogens with one attached hydrogen (secondary N) is 1. The number of H-pyrrole nitrogens is 1. The van der Waals surface area contributed by atoms with Gasteiger partial charge in [0, 0.05) is 22.0 Å². The van der Waals surface area contributed by atoms with E-state index < -0.39 is 0 Å². The van der Waals surface area contributed by atoms with Crippen molar-refractivity contribution in [1.29, 1.82) is 0 Å². The van der Waals surface area contributed by atoms with Gasteiger partial charge in [-0.1, -0.05) is 31.9 Å². The van der Waals surface area contributed by atoms with Gasteiger partial charge in [0.2, 0.25) is 0 Å². The van der Waals surface area contributed by atoms with Crippen LogP contribution in [0.25, 0.3) is 6.08 Å². The molecule has 1 aliphatic heterocycles. The molecule has 0 aliphatic carbocycles. The highest BCUT2D eigenvalue weighted by Gasteiger charge is 2.10. The van der Waals surface area contributed by atoms with E-state index in [1.807, 2.05) is 0 Å². The summed E-state index contributed by atoms with van der Waals surface area (Å²) in [5.74, 6) is 0. The van der Waals surface area contributed by atoms with Gasteiger partial charge in [0.15, 0.2) is 0 Å². The van der Waals surface area contributed by atoms with Crippen molar-refractivity contribution in [2.45, 2.75) is 19.2 Å². The second-order valence-electron chi connectivity index (χ2n) is 4.11. The summed E-state index contributed by atoms with van der Waals surface area (Å²) in [6.45, 7) is 4.20. The van der Waals surface area contributed by atoms with Crippen molar-refractivity contribution < 1.29 is 0 Å². The predicted molar refractivity (Wildman–Crippen MR) is 81.1 cm³/mol. The molecule has 0 bridgehead atoms. The summed E-state index contributed by atoms with van der Waals surface area (Å²) in [6.07, 6.45) is 4.21. The average Bonchev–Trinajstić information content (AvgIpc) is 2.83. The van der Waals surface area contributed by atoms with E-state index in [0.29, 0.717) is 0 Å². The third kappa shape index (κ3) is 2.80. The molecule has 1 aromatic rings. The molecule has 2 heterocycles. The molecule has 1 aliphatic rings. The molecule has 90 valence electrons. The van der Waals surface area contributed by atoms with Gasteiger partial charge in [0.05, 0.1) is 11.4 Å². The van der Waals surface area contributed by atoms with Gasteiger partial charge in [0.25, 0.3) is 0 Å². The van der Waals surface area contributed by atoms with E-state index in [-0.39, 0.29) is 0 Å². The molecule has 0 amide bonds. The molecule has 0 atom stereocenters. The summed E-state index contributed by atoms with van der Waals surface area (Å²) in [5.41, 5.74) is 6.95. The van der Waals surface area contributed by atoms with Crippen molar-refractivity contribution in [3.05, 3.63) is 40.4 Å². The number of halogens is 2. The Morgan fingerprint density at radius 2 is 2.06 bits per heavy atom. The Morgan fingerprint density at radius 1 is 1.29 bits per heavy atom. The largest absolute Gasteiger partial charge is 0.358 e. The number of nitrogens with zero attached hydrogens (tertiary/aromatic N) is 1. The molecule has 1 aromatic heterocycles. The summed E-state index contributed by atoms with van der Waals surface area (Å²) in [7, 11) is 0. The van der Waals surface area contributed by atoms with Crippen LogP contribution in [0.3, 0.4) is 0 Å². The highest BCUT2D eigenvalue weighted by molar-refractivity contribution is 9.09. The quantitative estimate of drug-likeness (QED) is 0.779. The normalized spacial score (nSPS) is 17.5. The van der Waals surface area contributed by atoms with Gasteiger partial charge < -0.3 is 4.98 Å². The molecule has 1 N–H and O–H groups in total. The molecule has 0 aromatic carbocycles. The third-order valence-electron chi connectivity index (χ3n) is 2.76. The fourth-order valence-corrected chi connectivity index (χ4v) is 2.68. The van der Waals surface area contributed by atoms with Gasteiger partial charge in [-0.05, 0) is 43.2 Å². The lowest BCUT2D eigenvalue weighted by molar-refractivity contribution is 1.20. The Labute approximate surface area is 118 Å². The van der Waals surface area contributed by atoms with E-state index in [1.165, 1.54) is 16.8 Å². The van der Waals surface area contributed by atoms with Crippen molar-refractivity contribution in [1.82, 2.24) is 4.98 Å². The summed E-state index contributed by atoms with van der Waals surface area (Å²) >= 11 is 6.90. The number of aliphatic imine (C=N–C) groups is 1. The second kappa shape index (κ2) is 5.36. The molecule has 0 fully saturated rings. The third-order valence-corrected chi connectivity index (χ3v) is 3.89. The first-order valence-electron chi connectivity index (χ1n) is 5.42. The van der Waals surface area contributed by atoms with E-state index in [1.54, 1.807) is 0 Å². The predicted octanol–water partition coefficient (Wildman–Crippen LogP) is 4.35. The zero-order chi connectivity index (χ0) is 12.4. The van der Waals surface area contributed by atoms with Crippen LogP contribution in [0.4, 0.5) is 0 Å². The Balaban J connectivity index is 2.31. The van der Waals surface area contributed by atoms with Crippen LogP contribution in [0.15, 0.2) is 28.4 Å². The van der Waals surface area contributed by atoms with Crippen LogP contribution in [-0.4, -0.2) is 16.0 Å². The molecule has 17 heavy (non-hydrogen) atoms. The van der Waals surface area contributed by atoms with Crippen molar-refractivity contribution >= 4 is 43.6 Å². The zero-order valence-corrected chi connectivity index (χ0v) is 13.0. The van der Waals surface area contributed by atoms with Crippen molar-refractivity contribution in [3.63, 3.8) is 0 Å². The number of aromatic amines is 1. The van der Waals surface area contributed by atoms with E-state index in [9.17, 15) is 0 Å². The van der Waals surface area contributed by atoms with Crippen molar-refractivity contribution in [3.8, 4) is 0 Å². The van der Waals surface area contributed by atoms with Gasteiger partial charge in [-0.3, -0.25) is 4.99 Å². The van der Waals surface area contributed by atoms with Crippen molar-refractivity contribution in [2.75, 3.05) is 5.33 Å². The van der Waals surface area contributed by atoms with E-state index in [4.69, 9.17) is 0 Å². The van der Waals surface area contributed by atoms with E-state index in [0.717, 1.165) is 27.8 Å². The van der Waals surface area contributed by atoms with Crippen LogP contribution in [0, 0.1) is 6.92 Å².